The van der Waals surface area contributed by atoms with Gasteiger partial charge in [0.15, 0.2) is 11.5 Å². The molecule has 2 atom stereocenters. The Hall–Kier alpha value is -3.23. The van der Waals surface area contributed by atoms with Gasteiger partial charge >= 0.3 is 0 Å². The standard InChI is InChI=1S/C28H34N6O2/c1-18-15-23-24(16-19(18)2)34-25(20-3-5-21(6-4-20)28(35)31-22-7-8-22)17-30-27(34)26(32-23)29-9-10-33-11-13-36-14-12-33/h3-6,15-19,22H,7-14H2,1-2H3,(H,29,32)(H,31,35). The van der Waals surface area contributed by atoms with Crippen molar-refractivity contribution >= 4 is 29.5 Å². The summed E-state index contributed by atoms with van der Waals surface area (Å²) >= 11 is 0. The number of benzene rings is 1. The van der Waals surface area contributed by atoms with Crippen molar-refractivity contribution in [3.05, 3.63) is 46.7 Å². The first-order chi connectivity index (χ1) is 17.6. The lowest BCUT2D eigenvalue weighted by Gasteiger charge is -2.26. The predicted octanol–water partition coefficient (Wildman–Crippen LogP) is 1.88. The van der Waals surface area contributed by atoms with Gasteiger partial charge in [0.1, 0.15) is 0 Å². The molecule has 2 aromatic heterocycles. The van der Waals surface area contributed by atoms with E-state index in [0.717, 1.165) is 85.7 Å². The van der Waals surface area contributed by atoms with Crippen LogP contribution in [0.2, 0.25) is 0 Å². The number of fused-ring (bicyclic) bond motifs is 3. The van der Waals surface area contributed by atoms with Crippen molar-refractivity contribution in [3.63, 3.8) is 0 Å². The molecule has 188 valence electrons. The van der Waals surface area contributed by atoms with Gasteiger partial charge in [0.2, 0.25) is 0 Å². The van der Waals surface area contributed by atoms with Crippen LogP contribution in [0, 0.1) is 11.8 Å². The summed E-state index contributed by atoms with van der Waals surface area (Å²) in [5.41, 5.74) is 3.54. The molecule has 0 spiro atoms. The van der Waals surface area contributed by atoms with Crippen molar-refractivity contribution in [3.8, 4) is 11.3 Å². The Balaban J connectivity index is 1.35. The van der Waals surface area contributed by atoms with E-state index in [1.54, 1.807) is 0 Å². The van der Waals surface area contributed by atoms with Crippen molar-refractivity contribution in [2.24, 2.45) is 11.8 Å². The molecule has 6 rings (SSSR count). The molecule has 3 aromatic rings. The maximum Gasteiger partial charge on any atom is 0.251 e. The Morgan fingerprint density at radius 3 is 2.58 bits per heavy atom. The number of ether oxygens (including phenoxy) is 1. The number of aromatic nitrogens is 3. The van der Waals surface area contributed by atoms with Gasteiger partial charge in [-0.05, 0) is 36.8 Å². The van der Waals surface area contributed by atoms with E-state index in [9.17, 15) is 4.79 Å². The van der Waals surface area contributed by atoms with E-state index >= 15 is 0 Å². The second kappa shape index (κ2) is 9.67. The van der Waals surface area contributed by atoms with Crippen molar-refractivity contribution in [2.75, 3.05) is 44.7 Å². The fourth-order valence-corrected chi connectivity index (χ4v) is 4.96. The van der Waals surface area contributed by atoms with Crippen LogP contribution < -0.4 is 21.3 Å². The summed E-state index contributed by atoms with van der Waals surface area (Å²) in [7, 11) is 0. The zero-order valence-electron chi connectivity index (χ0n) is 21.0. The Morgan fingerprint density at radius 1 is 1.08 bits per heavy atom. The van der Waals surface area contributed by atoms with Crippen LogP contribution in [-0.2, 0) is 4.74 Å². The molecular weight excluding hydrogens is 452 g/mol. The smallest absolute Gasteiger partial charge is 0.251 e. The maximum absolute atomic E-state index is 12.5. The van der Waals surface area contributed by atoms with E-state index in [0.29, 0.717) is 23.4 Å². The number of hydrogen-bond acceptors (Lipinski definition) is 6. The second-order valence-corrected chi connectivity index (χ2v) is 10.3. The predicted molar refractivity (Wildman–Crippen MR) is 141 cm³/mol. The second-order valence-electron chi connectivity index (χ2n) is 10.3. The summed E-state index contributed by atoms with van der Waals surface area (Å²) in [6.07, 6.45) is 8.65. The molecule has 8 heteroatoms. The van der Waals surface area contributed by atoms with Crippen molar-refractivity contribution in [1.29, 1.82) is 0 Å². The molecule has 3 aliphatic rings. The third-order valence-electron chi connectivity index (χ3n) is 7.56. The van der Waals surface area contributed by atoms with E-state index in [1.807, 2.05) is 30.5 Å². The number of hydrogen-bond donors (Lipinski definition) is 2. The number of rotatable bonds is 7. The molecule has 8 nitrogen and oxygen atoms in total. The maximum atomic E-state index is 12.5. The van der Waals surface area contributed by atoms with Gasteiger partial charge in [0, 0.05) is 43.3 Å². The van der Waals surface area contributed by atoms with E-state index in [2.05, 4.69) is 45.9 Å². The van der Waals surface area contributed by atoms with Crippen LogP contribution in [0.5, 0.6) is 0 Å². The minimum Gasteiger partial charge on any atom is -0.379 e. The summed E-state index contributed by atoms with van der Waals surface area (Å²) in [6.45, 7) is 9.75. The van der Waals surface area contributed by atoms with Gasteiger partial charge in [-0.15, -0.1) is 0 Å². The van der Waals surface area contributed by atoms with Crippen LogP contribution >= 0.6 is 0 Å². The van der Waals surface area contributed by atoms with Crippen LogP contribution in [-0.4, -0.2) is 70.6 Å². The first-order valence-electron chi connectivity index (χ1n) is 13.1. The molecular formula is C28H34N6O2. The summed E-state index contributed by atoms with van der Waals surface area (Å²) < 4.78 is 7.69. The van der Waals surface area contributed by atoms with Crippen LogP contribution in [0.4, 0.5) is 5.82 Å². The summed E-state index contributed by atoms with van der Waals surface area (Å²) in [5.74, 6) is 1.63. The number of nitrogens with zero attached hydrogens (tertiary/aromatic N) is 4. The fraction of sp³-hybridized carbons (Fsp3) is 0.464. The molecule has 1 aliphatic heterocycles. The number of nitrogens with one attached hydrogen (secondary N) is 2. The summed E-state index contributed by atoms with van der Waals surface area (Å²) in [5, 5.41) is 8.69. The Morgan fingerprint density at radius 2 is 1.83 bits per heavy atom. The summed E-state index contributed by atoms with van der Waals surface area (Å²) in [4.78, 5) is 24.7. The van der Waals surface area contributed by atoms with Crippen molar-refractivity contribution < 1.29 is 9.53 Å². The molecule has 0 bridgehead atoms. The lowest BCUT2D eigenvalue weighted by atomic mass is 9.92. The normalized spacial score (nSPS) is 21.9. The van der Waals surface area contributed by atoms with E-state index in [1.165, 1.54) is 0 Å². The first-order valence-corrected chi connectivity index (χ1v) is 13.1. The first kappa shape index (κ1) is 23.2. The van der Waals surface area contributed by atoms with Crippen LogP contribution in [0.3, 0.4) is 0 Å². The molecule has 1 aromatic carbocycles. The highest BCUT2D eigenvalue weighted by atomic mass is 16.5. The number of imidazole rings is 1. The van der Waals surface area contributed by atoms with Crippen LogP contribution in [0.15, 0.2) is 30.5 Å². The molecule has 1 saturated heterocycles. The quantitative estimate of drug-likeness (QED) is 0.531. The van der Waals surface area contributed by atoms with Crippen molar-refractivity contribution in [1.82, 2.24) is 24.6 Å². The molecule has 0 radical (unpaired) electrons. The largest absolute Gasteiger partial charge is 0.379 e. The number of amides is 1. The number of anilines is 1. The van der Waals surface area contributed by atoms with Crippen LogP contribution in [0.1, 0.15) is 37.0 Å². The molecule has 2 fully saturated rings. The van der Waals surface area contributed by atoms with Gasteiger partial charge in [-0.2, -0.15) is 0 Å². The van der Waals surface area contributed by atoms with Gasteiger partial charge < -0.3 is 15.4 Å². The minimum absolute atomic E-state index is 0.00118. The minimum atomic E-state index is 0.00118. The molecule has 1 saturated carbocycles. The SMILES string of the molecule is CC1C=c2nc(NCCN3CCOCC3)c3ncc(-c4ccc(C(=O)NC5CC5)cc4)n3c2=CC1C. The Labute approximate surface area is 211 Å². The zero-order valence-corrected chi connectivity index (χ0v) is 21.0. The topological polar surface area (TPSA) is 83.8 Å². The average Bonchev–Trinajstić information content (AvgIpc) is 3.59. The number of morpholine rings is 1. The molecule has 1 amide bonds. The van der Waals surface area contributed by atoms with E-state index in [4.69, 9.17) is 14.7 Å². The number of carbonyl (C=O) groups is 1. The van der Waals surface area contributed by atoms with Gasteiger partial charge in [-0.1, -0.05) is 38.1 Å². The molecule has 2 N–H and O–H groups in total. The summed E-state index contributed by atoms with van der Waals surface area (Å²) in [6, 6.07) is 8.19. The lowest BCUT2D eigenvalue weighted by Crippen LogP contribution is -2.41. The Kier molecular flexibility index (Phi) is 6.23. The van der Waals surface area contributed by atoms with Gasteiger partial charge in [0.25, 0.3) is 5.91 Å². The third-order valence-corrected chi connectivity index (χ3v) is 7.56. The highest BCUT2D eigenvalue weighted by molar-refractivity contribution is 5.95. The van der Waals surface area contributed by atoms with Gasteiger partial charge in [-0.3, -0.25) is 14.1 Å². The van der Waals surface area contributed by atoms with E-state index < -0.39 is 0 Å². The zero-order chi connectivity index (χ0) is 24.6. The number of carbonyl (C=O) groups excluding carboxylic acids is 1. The van der Waals surface area contributed by atoms with Gasteiger partial charge in [-0.25, -0.2) is 9.97 Å². The van der Waals surface area contributed by atoms with Crippen LogP contribution in [0.25, 0.3) is 29.1 Å². The molecule has 36 heavy (non-hydrogen) atoms. The Bertz CT molecular complexity index is 1390. The molecule has 3 heterocycles. The van der Waals surface area contributed by atoms with Crippen molar-refractivity contribution in [2.45, 2.75) is 32.7 Å². The third kappa shape index (κ3) is 4.63. The molecule has 2 unspecified atom stereocenters. The lowest BCUT2D eigenvalue weighted by molar-refractivity contribution is 0.0398. The molecule has 2 aliphatic carbocycles. The average molecular weight is 487 g/mol. The van der Waals surface area contributed by atoms with Gasteiger partial charge in [0.05, 0.1) is 35.8 Å². The fourth-order valence-electron chi connectivity index (χ4n) is 4.96. The van der Waals surface area contributed by atoms with E-state index in [-0.39, 0.29) is 5.91 Å². The monoisotopic (exact) mass is 486 g/mol. The highest BCUT2D eigenvalue weighted by Crippen LogP contribution is 2.24. The highest BCUT2D eigenvalue weighted by Gasteiger charge is 2.24.